The minimum atomic E-state index is 0.573. The van der Waals surface area contributed by atoms with Gasteiger partial charge in [-0.2, -0.15) is 0 Å². The largest absolute Gasteiger partial charge is 0.494 e. The van der Waals surface area contributed by atoms with Crippen molar-refractivity contribution in [2.24, 2.45) is 0 Å². The van der Waals surface area contributed by atoms with E-state index >= 15 is 0 Å². The maximum Gasteiger partial charge on any atom is 0.120 e. The molecule has 0 unspecified atom stereocenters. The Kier molecular flexibility index (Phi) is 5.88. The van der Waals surface area contributed by atoms with Crippen molar-refractivity contribution >= 4 is 11.0 Å². The SMILES string of the molecule is c1ccc(COc2ccc(OCCCCn3cnc4ccccc43)cc2)cc1. The van der Waals surface area contributed by atoms with E-state index in [1.54, 1.807) is 0 Å². The lowest BCUT2D eigenvalue weighted by Gasteiger charge is -2.09. The van der Waals surface area contributed by atoms with E-state index < -0.39 is 0 Å². The second-order valence-corrected chi connectivity index (χ2v) is 6.73. The molecule has 1 aromatic heterocycles. The van der Waals surface area contributed by atoms with Gasteiger partial charge in [-0.3, -0.25) is 0 Å². The lowest BCUT2D eigenvalue weighted by Crippen LogP contribution is -2.01. The highest BCUT2D eigenvalue weighted by molar-refractivity contribution is 5.74. The first-order valence-corrected chi connectivity index (χ1v) is 9.68. The molecule has 0 atom stereocenters. The molecule has 0 saturated carbocycles. The van der Waals surface area contributed by atoms with Gasteiger partial charge in [0.2, 0.25) is 0 Å². The van der Waals surface area contributed by atoms with Crippen LogP contribution in [-0.2, 0) is 13.2 Å². The average molecular weight is 372 g/mol. The molecule has 4 rings (SSSR count). The van der Waals surface area contributed by atoms with Crippen LogP contribution in [0, 0.1) is 0 Å². The van der Waals surface area contributed by atoms with Gasteiger partial charge in [0.25, 0.3) is 0 Å². The normalized spacial score (nSPS) is 10.9. The predicted octanol–water partition coefficient (Wildman–Crippen LogP) is 5.47. The van der Waals surface area contributed by atoms with Crippen LogP contribution in [0.4, 0.5) is 0 Å². The third kappa shape index (κ3) is 4.71. The number of para-hydroxylation sites is 2. The van der Waals surface area contributed by atoms with Crippen LogP contribution < -0.4 is 9.47 Å². The summed E-state index contributed by atoms with van der Waals surface area (Å²) in [4.78, 5) is 4.43. The fraction of sp³-hybridized carbons (Fsp3) is 0.208. The lowest BCUT2D eigenvalue weighted by molar-refractivity contribution is 0.296. The number of rotatable bonds is 9. The van der Waals surface area contributed by atoms with Crippen LogP contribution in [0.5, 0.6) is 11.5 Å². The number of aromatic nitrogens is 2. The molecule has 0 aliphatic heterocycles. The summed E-state index contributed by atoms with van der Waals surface area (Å²) in [6.07, 6.45) is 3.97. The summed E-state index contributed by atoms with van der Waals surface area (Å²) in [7, 11) is 0. The van der Waals surface area contributed by atoms with Crippen molar-refractivity contribution < 1.29 is 9.47 Å². The number of nitrogens with zero attached hydrogens (tertiary/aromatic N) is 2. The van der Waals surface area contributed by atoms with Crippen molar-refractivity contribution in [2.75, 3.05) is 6.61 Å². The van der Waals surface area contributed by atoms with Gasteiger partial charge in [0.15, 0.2) is 0 Å². The van der Waals surface area contributed by atoms with Gasteiger partial charge in [-0.05, 0) is 54.8 Å². The Labute approximate surface area is 165 Å². The second-order valence-electron chi connectivity index (χ2n) is 6.73. The van der Waals surface area contributed by atoms with Gasteiger partial charge in [-0.25, -0.2) is 4.98 Å². The monoisotopic (exact) mass is 372 g/mol. The van der Waals surface area contributed by atoms with Gasteiger partial charge in [0.05, 0.1) is 24.0 Å². The maximum atomic E-state index is 5.85. The number of ether oxygens (including phenoxy) is 2. The maximum absolute atomic E-state index is 5.85. The number of unbranched alkanes of at least 4 members (excludes halogenated alkanes) is 1. The summed E-state index contributed by atoms with van der Waals surface area (Å²) < 4.78 is 13.9. The standard InChI is InChI=1S/C24H24N2O2/c1-2-8-20(9-3-1)18-28-22-14-12-21(13-15-22)27-17-7-6-16-26-19-25-23-10-4-5-11-24(23)26/h1-5,8-15,19H,6-7,16-18H2. The first-order chi connectivity index (χ1) is 13.9. The van der Waals surface area contributed by atoms with Gasteiger partial charge < -0.3 is 14.0 Å². The number of hydrogen-bond acceptors (Lipinski definition) is 3. The minimum absolute atomic E-state index is 0.573. The number of fused-ring (bicyclic) bond motifs is 1. The van der Waals surface area contributed by atoms with Crippen LogP contribution in [-0.4, -0.2) is 16.2 Å². The van der Waals surface area contributed by atoms with Gasteiger partial charge in [0.1, 0.15) is 18.1 Å². The van der Waals surface area contributed by atoms with Crippen molar-refractivity contribution in [3.8, 4) is 11.5 Å². The first-order valence-electron chi connectivity index (χ1n) is 9.68. The van der Waals surface area contributed by atoms with Gasteiger partial charge in [0, 0.05) is 6.54 Å². The van der Waals surface area contributed by atoms with Gasteiger partial charge >= 0.3 is 0 Å². The Bertz CT molecular complexity index is 994. The molecule has 1 heterocycles. The lowest BCUT2D eigenvalue weighted by atomic mass is 10.2. The molecule has 0 bridgehead atoms. The van der Waals surface area contributed by atoms with Crippen molar-refractivity contribution in [3.63, 3.8) is 0 Å². The summed E-state index contributed by atoms with van der Waals surface area (Å²) >= 11 is 0. The van der Waals surface area contributed by atoms with E-state index in [1.165, 1.54) is 5.52 Å². The Morgan fingerprint density at radius 2 is 1.43 bits per heavy atom. The zero-order valence-electron chi connectivity index (χ0n) is 15.8. The molecule has 3 aromatic carbocycles. The van der Waals surface area contributed by atoms with Crippen molar-refractivity contribution in [2.45, 2.75) is 26.0 Å². The van der Waals surface area contributed by atoms with Gasteiger partial charge in [-0.15, -0.1) is 0 Å². The molecule has 0 amide bonds. The zero-order valence-corrected chi connectivity index (χ0v) is 15.8. The molecular weight excluding hydrogens is 348 g/mol. The third-order valence-corrected chi connectivity index (χ3v) is 4.66. The van der Waals surface area contributed by atoms with Crippen LogP contribution in [0.25, 0.3) is 11.0 Å². The minimum Gasteiger partial charge on any atom is -0.494 e. The van der Waals surface area contributed by atoms with E-state index in [4.69, 9.17) is 9.47 Å². The van der Waals surface area contributed by atoms with Crippen molar-refractivity contribution in [3.05, 3.63) is 90.8 Å². The number of imidazole rings is 1. The fourth-order valence-electron chi connectivity index (χ4n) is 3.14. The average Bonchev–Trinajstić information content (AvgIpc) is 3.17. The topological polar surface area (TPSA) is 36.3 Å². The van der Waals surface area contributed by atoms with Crippen LogP contribution in [0.1, 0.15) is 18.4 Å². The fourth-order valence-corrected chi connectivity index (χ4v) is 3.14. The Morgan fingerprint density at radius 3 is 2.25 bits per heavy atom. The molecule has 0 aliphatic carbocycles. The molecule has 0 radical (unpaired) electrons. The highest BCUT2D eigenvalue weighted by Gasteiger charge is 2.01. The zero-order chi connectivity index (χ0) is 19.0. The van der Waals surface area contributed by atoms with E-state index in [1.807, 2.05) is 60.9 Å². The molecule has 4 aromatic rings. The van der Waals surface area contributed by atoms with Crippen LogP contribution in [0.15, 0.2) is 85.2 Å². The predicted molar refractivity (Wildman–Crippen MR) is 112 cm³/mol. The molecule has 142 valence electrons. The smallest absolute Gasteiger partial charge is 0.120 e. The summed E-state index contributed by atoms with van der Waals surface area (Å²) in [5.41, 5.74) is 3.40. The molecule has 0 spiro atoms. The van der Waals surface area contributed by atoms with E-state index in [0.717, 1.165) is 42.0 Å². The first kappa shape index (κ1) is 18.1. The quantitative estimate of drug-likeness (QED) is 0.365. The molecule has 4 nitrogen and oxygen atoms in total. The summed E-state index contributed by atoms with van der Waals surface area (Å²) in [5, 5.41) is 0. The van der Waals surface area contributed by atoms with Gasteiger partial charge in [-0.1, -0.05) is 42.5 Å². The van der Waals surface area contributed by atoms with Crippen LogP contribution in [0.2, 0.25) is 0 Å². The highest BCUT2D eigenvalue weighted by atomic mass is 16.5. The van der Waals surface area contributed by atoms with Crippen molar-refractivity contribution in [1.82, 2.24) is 9.55 Å². The number of benzene rings is 3. The Hall–Kier alpha value is -3.27. The number of aryl methyl sites for hydroxylation is 1. The van der Waals surface area contributed by atoms with E-state index in [0.29, 0.717) is 13.2 Å². The van der Waals surface area contributed by atoms with Crippen LogP contribution >= 0.6 is 0 Å². The molecular formula is C24H24N2O2. The Balaban J connectivity index is 1.18. The van der Waals surface area contributed by atoms with E-state index in [2.05, 4.69) is 33.8 Å². The third-order valence-electron chi connectivity index (χ3n) is 4.66. The van der Waals surface area contributed by atoms with E-state index in [9.17, 15) is 0 Å². The molecule has 0 saturated heterocycles. The summed E-state index contributed by atoms with van der Waals surface area (Å²) in [5.74, 6) is 1.73. The summed E-state index contributed by atoms with van der Waals surface area (Å²) in [6.45, 7) is 2.23. The molecule has 0 aliphatic rings. The molecule has 0 fully saturated rings. The highest BCUT2D eigenvalue weighted by Crippen LogP contribution is 2.19. The molecule has 0 N–H and O–H groups in total. The van der Waals surface area contributed by atoms with Crippen molar-refractivity contribution in [1.29, 1.82) is 0 Å². The van der Waals surface area contributed by atoms with E-state index in [-0.39, 0.29) is 0 Å². The number of hydrogen-bond donors (Lipinski definition) is 0. The molecule has 4 heteroatoms. The summed E-state index contributed by atoms with van der Waals surface area (Å²) in [6, 6.07) is 26.2. The Morgan fingerprint density at radius 1 is 0.714 bits per heavy atom. The molecule has 28 heavy (non-hydrogen) atoms. The second kappa shape index (κ2) is 9.09. The van der Waals surface area contributed by atoms with Crippen LogP contribution in [0.3, 0.4) is 0 Å².